The Bertz CT molecular complexity index is 1950. The van der Waals surface area contributed by atoms with Crippen LogP contribution >= 0.6 is 0 Å². The summed E-state index contributed by atoms with van der Waals surface area (Å²) in [5, 5.41) is 13.3. The van der Waals surface area contributed by atoms with Crippen molar-refractivity contribution in [3.05, 3.63) is 83.9 Å². The minimum absolute atomic E-state index is 0.0615. The van der Waals surface area contributed by atoms with E-state index in [-0.39, 0.29) is 12.0 Å². The molecule has 0 unspecified atom stereocenters. The number of carbonyl (C=O) groups excluding carboxylic acids is 5. The predicted octanol–water partition coefficient (Wildman–Crippen LogP) is 4.31. The lowest BCUT2D eigenvalue weighted by molar-refractivity contribution is -0.446. The van der Waals surface area contributed by atoms with Gasteiger partial charge in [-0.3, -0.25) is 19.2 Å². The molecule has 1 N–H and O–H groups in total. The summed E-state index contributed by atoms with van der Waals surface area (Å²) in [5.74, 6) is -10.1. The molecule has 14 heteroatoms. The Morgan fingerprint density at radius 2 is 1.29 bits per heavy atom. The lowest BCUT2D eigenvalue weighted by Gasteiger charge is -2.62. The number of ether oxygens (including phenoxy) is 8. The summed E-state index contributed by atoms with van der Waals surface area (Å²) >= 11 is 0. The average Bonchev–Trinajstić information content (AvgIpc) is 3.53. The van der Waals surface area contributed by atoms with Crippen molar-refractivity contribution in [2.24, 2.45) is 23.7 Å². The lowest BCUT2D eigenvalue weighted by Crippen LogP contribution is -2.77. The zero-order valence-corrected chi connectivity index (χ0v) is 32.6. The fourth-order valence-corrected chi connectivity index (χ4v) is 10.8. The largest absolute Gasteiger partial charge is 0.459 e. The molecule has 2 saturated heterocycles. The van der Waals surface area contributed by atoms with Crippen molar-refractivity contribution < 1.29 is 67.0 Å². The first-order valence-electron chi connectivity index (χ1n) is 18.8. The van der Waals surface area contributed by atoms with Crippen molar-refractivity contribution in [3.8, 4) is 0 Å². The van der Waals surface area contributed by atoms with Crippen LogP contribution in [0.3, 0.4) is 0 Å². The Labute approximate surface area is 324 Å². The van der Waals surface area contributed by atoms with Crippen LogP contribution in [0.1, 0.15) is 77.7 Å². The molecule has 3 bridgehead atoms. The number of aliphatic hydroxyl groups is 1. The number of carbonyl (C=O) groups is 5. The maximum atomic E-state index is 14.6. The third kappa shape index (κ3) is 5.47. The maximum Gasteiger partial charge on any atom is 0.338 e. The van der Waals surface area contributed by atoms with E-state index in [9.17, 15) is 29.1 Å². The number of esters is 5. The molecule has 14 nitrogen and oxygen atoms in total. The summed E-state index contributed by atoms with van der Waals surface area (Å²) < 4.78 is 52.8. The molecule has 0 spiro atoms. The lowest BCUT2D eigenvalue weighted by atomic mass is 9.52. The van der Waals surface area contributed by atoms with Crippen LogP contribution in [-0.2, 0) is 63.0 Å². The second-order valence-electron chi connectivity index (χ2n) is 16.1. The van der Waals surface area contributed by atoms with E-state index in [1.54, 1.807) is 69.3 Å². The van der Waals surface area contributed by atoms with Gasteiger partial charge in [-0.15, -0.1) is 0 Å². The molecule has 2 aromatic carbocycles. The van der Waals surface area contributed by atoms with E-state index in [1.807, 2.05) is 0 Å². The van der Waals surface area contributed by atoms with Gasteiger partial charge in [0.05, 0.1) is 17.1 Å². The van der Waals surface area contributed by atoms with Crippen LogP contribution in [0.15, 0.2) is 72.8 Å². The molecule has 2 aliphatic heterocycles. The molecule has 5 fully saturated rings. The monoisotopic (exact) mass is 776 g/mol. The Morgan fingerprint density at radius 1 is 0.750 bits per heavy atom. The number of benzene rings is 2. The number of fused-ring (bicyclic) bond motifs is 2. The molecule has 14 atom stereocenters. The van der Waals surface area contributed by atoms with E-state index in [1.165, 1.54) is 32.9 Å². The van der Waals surface area contributed by atoms with Crippen molar-refractivity contribution >= 4 is 29.8 Å². The van der Waals surface area contributed by atoms with Crippen LogP contribution in [0, 0.1) is 23.7 Å². The standard InChI is InChI=1S/C42H48O14/c1-21(2)39-33(50-25(6)44)23(4)40-30-20-22(3)32(49-24(5)43)41(30,54-36(47)28-16-12-10-13-17-28)37(52-27(8)46)38(9,48)34(51-26(7)45)31(40)35(39)53-42(55-39,56-40)29-18-14-11-15-19-29/h10-19,22-23,30-35,37,48H,1,20H2,2-9H3/t22-,23+,30-,31-,32-,33-,34-,35+,37+,38+,39-,40-,41+,42+/m0/s1. The smallest absolute Gasteiger partial charge is 0.338 e. The fourth-order valence-electron chi connectivity index (χ4n) is 10.8. The van der Waals surface area contributed by atoms with Crippen molar-refractivity contribution in [3.63, 3.8) is 0 Å². The first-order valence-corrected chi connectivity index (χ1v) is 18.8. The molecular formula is C42H48O14. The molecule has 3 aliphatic carbocycles. The molecule has 0 aromatic heterocycles. The summed E-state index contributed by atoms with van der Waals surface area (Å²) in [4.78, 5) is 67.4. The molecule has 56 heavy (non-hydrogen) atoms. The first kappa shape index (κ1) is 39.6. The molecule has 0 radical (unpaired) electrons. The molecule has 0 amide bonds. The van der Waals surface area contributed by atoms with E-state index in [2.05, 4.69) is 6.58 Å². The highest BCUT2D eigenvalue weighted by Crippen LogP contribution is 2.73. The zero-order chi connectivity index (χ0) is 40.7. The number of hydrogen-bond donors (Lipinski definition) is 1. The second-order valence-corrected chi connectivity index (χ2v) is 16.1. The van der Waals surface area contributed by atoms with Crippen LogP contribution in [0.25, 0.3) is 0 Å². The highest BCUT2D eigenvalue weighted by molar-refractivity contribution is 5.90. The topological polar surface area (TPSA) is 179 Å². The SMILES string of the molecule is C=C(C)[C@@]12O[C@@]3(c4ccccc4)O[C@@H]1[C@@H]1[C@H](OC(C)=O)[C@@](C)(O)[C@@H](OC(C)=O)[C@@]4(OC(=O)c5ccccc5)[C@@H](C[C@H](C)[C@@H]4OC(C)=O)[C@@]1(O3)[C@H](C)[C@@H]2OC(C)=O. The molecule has 2 aromatic rings. The summed E-state index contributed by atoms with van der Waals surface area (Å²) in [6.45, 7) is 15.6. The predicted molar refractivity (Wildman–Crippen MR) is 193 cm³/mol. The Kier molecular flexibility index (Phi) is 9.54. The molecule has 5 aliphatic rings. The van der Waals surface area contributed by atoms with Gasteiger partial charge in [-0.05, 0) is 43.9 Å². The van der Waals surface area contributed by atoms with Gasteiger partial charge in [0.1, 0.15) is 30.0 Å². The van der Waals surface area contributed by atoms with E-state index in [4.69, 9.17) is 37.9 Å². The van der Waals surface area contributed by atoms with E-state index >= 15 is 0 Å². The van der Waals surface area contributed by atoms with Gasteiger partial charge in [-0.1, -0.05) is 69.0 Å². The molecule has 300 valence electrons. The third-order valence-corrected chi connectivity index (χ3v) is 12.5. The second kappa shape index (κ2) is 13.5. The molecular weight excluding hydrogens is 728 g/mol. The Balaban J connectivity index is 1.64. The quantitative estimate of drug-likeness (QED) is 0.228. The van der Waals surface area contributed by atoms with Crippen LogP contribution in [0.2, 0.25) is 0 Å². The minimum Gasteiger partial charge on any atom is -0.459 e. The summed E-state index contributed by atoms with van der Waals surface area (Å²) in [7, 11) is 0. The minimum atomic E-state index is -2.45. The summed E-state index contributed by atoms with van der Waals surface area (Å²) in [5.41, 5.74) is -7.35. The number of rotatable bonds is 8. The van der Waals surface area contributed by atoms with Gasteiger partial charge in [-0.2, -0.15) is 0 Å². The van der Waals surface area contributed by atoms with Crippen molar-refractivity contribution in [2.75, 3.05) is 0 Å². The Morgan fingerprint density at radius 3 is 1.84 bits per heavy atom. The van der Waals surface area contributed by atoms with Gasteiger partial charge in [0.25, 0.3) is 0 Å². The average molecular weight is 777 g/mol. The maximum absolute atomic E-state index is 14.6. The van der Waals surface area contributed by atoms with Gasteiger partial charge >= 0.3 is 35.8 Å². The van der Waals surface area contributed by atoms with Crippen LogP contribution in [-0.4, -0.2) is 87.9 Å². The zero-order valence-electron chi connectivity index (χ0n) is 32.6. The number of hydrogen-bond acceptors (Lipinski definition) is 14. The van der Waals surface area contributed by atoms with Gasteiger partial charge in [0.15, 0.2) is 17.3 Å². The van der Waals surface area contributed by atoms with E-state index < -0.39 is 112 Å². The third-order valence-electron chi connectivity index (χ3n) is 12.5. The van der Waals surface area contributed by atoms with Crippen molar-refractivity contribution in [1.29, 1.82) is 0 Å². The van der Waals surface area contributed by atoms with Crippen LogP contribution in [0.4, 0.5) is 0 Å². The van der Waals surface area contributed by atoms with E-state index in [0.29, 0.717) is 11.1 Å². The molecule has 2 heterocycles. The van der Waals surface area contributed by atoms with Crippen LogP contribution in [0.5, 0.6) is 0 Å². The van der Waals surface area contributed by atoms with Gasteiger partial charge in [-0.25, -0.2) is 4.79 Å². The molecule has 3 saturated carbocycles. The van der Waals surface area contributed by atoms with Gasteiger partial charge in [0.2, 0.25) is 0 Å². The first-order chi connectivity index (χ1) is 26.3. The molecule has 7 rings (SSSR count). The highest BCUT2D eigenvalue weighted by atomic mass is 16.9. The van der Waals surface area contributed by atoms with Crippen molar-refractivity contribution in [2.45, 2.75) is 121 Å². The summed E-state index contributed by atoms with van der Waals surface area (Å²) in [6, 6.07) is 16.8. The van der Waals surface area contributed by atoms with E-state index in [0.717, 1.165) is 13.8 Å². The van der Waals surface area contributed by atoms with Gasteiger partial charge in [0, 0.05) is 45.1 Å². The Hall–Kier alpha value is -4.63. The van der Waals surface area contributed by atoms with Crippen molar-refractivity contribution in [1.82, 2.24) is 0 Å². The normalized spacial score (nSPS) is 41.6. The van der Waals surface area contributed by atoms with Gasteiger partial charge < -0.3 is 43.0 Å². The van der Waals surface area contributed by atoms with Crippen LogP contribution < -0.4 is 0 Å². The summed E-state index contributed by atoms with van der Waals surface area (Å²) in [6.07, 6.45) is -7.30. The highest BCUT2D eigenvalue weighted by Gasteiger charge is 2.89. The fraction of sp³-hybridized carbons (Fsp3) is 0.548.